The van der Waals surface area contributed by atoms with Gasteiger partial charge in [0.15, 0.2) is 22.4 Å². The maximum Gasteiger partial charge on any atom is 0.311 e. The van der Waals surface area contributed by atoms with Crippen molar-refractivity contribution in [1.29, 1.82) is 0 Å². The third-order valence-corrected chi connectivity index (χ3v) is 5.18. The molecule has 0 fully saturated rings. The summed E-state index contributed by atoms with van der Waals surface area (Å²) >= 11 is 5.75. The van der Waals surface area contributed by atoms with Gasteiger partial charge in [0.25, 0.3) is 0 Å². The summed E-state index contributed by atoms with van der Waals surface area (Å²) in [5.41, 5.74) is 0.248. The standard InChI is InChI=1S/C17H16ClNO6S/c1-24-12-25-17-9-4-13(11-16(17)19(20)21)3-2-10-26(22,23)15-7-5-14(18)6-8-15/h2-9,11H,10,12H2,1H3. The molecule has 0 aliphatic rings. The van der Waals surface area contributed by atoms with Crippen LogP contribution in [0, 0.1) is 10.1 Å². The average Bonchev–Trinajstić information content (AvgIpc) is 2.60. The molecule has 138 valence electrons. The largest absolute Gasteiger partial charge is 0.460 e. The molecule has 7 nitrogen and oxygen atoms in total. The molecule has 0 aliphatic carbocycles. The van der Waals surface area contributed by atoms with Crippen LogP contribution >= 0.6 is 11.6 Å². The quantitative estimate of drug-likeness (QED) is 0.382. The van der Waals surface area contributed by atoms with E-state index in [-0.39, 0.29) is 28.9 Å². The maximum atomic E-state index is 12.2. The lowest BCUT2D eigenvalue weighted by Crippen LogP contribution is -2.04. The fraction of sp³-hybridized carbons (Fsp3) is 0.176. The number of hydrogen-bond donors (Lipinski definition) is 0. The predicted octanol–water partition coefficient (Wildman–Crippen LogP) is 3.72. The zero-order chi connectivity index (χ0) is 19.2. The van der Waals surface area contributed by atoms with E-state index in [4.69, 9.17) is 21.1 Å². The summed E-state index contributed by atoms with van der Waals surface area (Å²) in [6, 6.07) is 10.2. The fourth-order valence-electron chi connectivity index (χ4n) is 2.07. The molecule has 0 amide bonds. The summed E-state index contributed by atoms with van der Waals surface area (Å²) in [5.74, 6) is -0.174. The smallest absolute Gasteiger partial charge is 0.311 e. The van der Waals surface area contributed by atoms with E-state index in [0.717, 1.165) is 0 Å². The molecule has 0 spiro atoms. The van der Waals surface area contributed by atoms with Gasteiger partial charge in [0.1, 0.15) is 0 Å². The Morgan fingerprint density at radius 2 is 1.88 bits per heavy atom. The average molecular weight is 398 g/mol. The van der Waals surface area contributed by atoms with Crippen molar-refractivity contribution in [3.63, 3.8) is 0 Å². The predicted molar refractivity (Wildman–Crippen MR) is 98.1 cm³/mol. The molecule has 0 saturated carbocycles. The summed E-state index contributed by atoms with van der Waals surface area (Å²) in [6.07, 6.45) is 2.93. The number of nitro groups is 1. The molecular weight excluding hydrogens is 382 g/mol. The van der Waals surface area contributed by atoms with E-state index in [9.17, 15) is 18.5 Å². The molecule has 2 aromatic carbocycles. The Kier molecular flexibility index (Phi) is 6.73. The van der Waals surface area contributed by atoms with E-state index in [1.54, 1.807) is 6.07 Å². The van der Waals surface area contributed by atoms with Crippen molar-refractivity contribution in [3.05, 3.63) is 69.2 Å². The molecule has 9 heteroatoms. The molecule has 0 atom stereocenters. The number of sulfone groups is 1. The summed E-state index contributed by atoms with van der Waals surface area (Å²) in [5, 5.41) is 11.6. The van der Waals surface area contributed by atoms with Crippen LogP contribution in [0.3, 0.4) is 0 Å². The number of rotatable bonds is 8. The summed E-state index contributed by atoms with van der Waals surface area (Å²) < 4.78 is 34.4. The number of halogens is 1. The first-order valence-corrected chi connectivity index (χ1v) is 9.41. The molecule has 2 rings (SSSR count). The molecule has 26 heavy (non-hydrogen) atoms. The van der Waals surface area contributed by atoms with Gasteiger partial charge in [-0.3, -0.25) is 10.1 Å². The molecule has 0 radical (unpaired) electrons. The second-order valence-electron chi connectivity index (χ2n) is 5.17. The zero-order valence-electron chi connectivity index (χ0n) is 13.8. The van der Waals surface area contributed by atoms with Crippen LogP contribution in [0.1, 0.15) is 5.56 Å². The molecular formula is C17H16ClNO6S. The van der Waals surface area contributed by atoms with Crippen LogP contribution in [-0.2, 0) is 14.6 Å². The van der Waals surface area contributed by atoms with E-state index in [0.29, 0.717) is 10.6 Å². The van der Waals surface area contributed by atoms with Gasteiger partial charge in [0.05, 0.1) is 15.6 Å². The molecule has 2 aromatic rings. The van der Waals surface area contributed by atoms with Crippen molar-refractivity contribution in [2.75, 3.05) is 19.7 Å². The minimum atomic E-state index is -3.51. The minimum Gasteiger partial charge on any atom is -0.460 e. The Morgan fingerprint density at radius 1 is 1.19 bits per heavy atom. The van der Waals surface area contributed by atoms with E-state index < -0.39 is 14.8 Å². The third kappa shape index (κ3) is 5.29. The van der Waals surface area contributed by atoms with E-state index >= 15 is 0 Å². The van der Waals surface area contributed by atoms with E-state index in [1.807, 2.05) is 0 Å². The monoisotopic (exact) mass is 397 g/mol. The van der Waals surface area contributed by atoms with Crippen molar-refractivity contribution < 1.29 is 22.8 Å². The van der Waals surface area contributed by atoms with Crippen molar-refractivity contribution in [3.8, 4) is 5.75 Å². The molecule has 0 saturated heterocycles. The van der Waals surface area contributed by atoms with Crippen LogP contribution in [0.25, 0.3) is 6.08 Å². The molecule has 0 bridgehead atoms. The van der Waals surface area contributed by atoms with Crippen molar-refractivity contribution in [2.24, 2.45) is 0 Å². The van der Waals surface area contributed by atoms with Crippen LogP contribution in [-0.4, -0.2) is 33.0 Å². The van der Waals surface area contributed by atoms with Gasteiger partial charge in [-0.05, 0) is 35.9 Å². The third-order valence-electron chi connectivity index (χ3n) is 3.31. The highest BCUT2D eigenvalue weighted by atomic mass is 35.5. The van der Waals surface area contributed by atoms with Gasteiger partial charge in [0.2, 0.25) is 0 Å². The van der Waals surface area contributed by atoms with Crippen LogP contribution in [0.5, 0.6) is 5.75 Å². The zero-order valence-corrected chi connectivity index (χ0v) is 15.4. The Balaban J connectivity index is 2.15. The van der Waals surface area contributed by atoms with Gasteiger partial charge < -0.3 is 9.47 Å². The number of nitro benzene ring substituents is 1. The lowest BCUT2D eigenvalue weighted by Gasteiger charge is -2.06. The molecule has 0 heterocycles. The summed E-state index contributed by atoms with van der Waals surface area (Å²) in [4.78, 5) is 10.7. The minimum absolute atomic E-state index is 0.0720. The van der Waals surface area contributed by atoms with Gasteiger partial charge in [-0.2, -0.15) is 0 Å². The number of benzene rings is 2. The Labute approximate surface area is 155 Å². The maximum absolute atomic E-state index is 12.2. The van der Waals surface area contributed by atoms with E-state index in [2.05, 4.69) is 0 Å². The van der Waals surface area contributed by atoms with Crippen molar-refractivity contribution >= 4 is 33.2 Å². The number of nitrogens with zero attached hydrogens (tertiary/aromatic N) is 1. The topological polar surface area (TPSA) is 95.7 Å². The highest BCUT2D eigenvalue weighted by Gasteiger charge is 2.16. The van der Waals surface area contributed by atoms with Crippen LogP contribution in [0.15, 0.2) is 53.4 Å². The second kappa shape index (κ2) is 8.79. The fourth-order valence-corrected chi connectivity index (χ4v) is 3.29. The van der Waals surface area contributed by atoms with Gasteiger partial charge in [0, 0.05) is 18.2 Å². The molecule has 0 aromatic heterocycles. The first-order chi connectivity index (χ1) is 12.3. The summed E-state index contributed by atoms with van der Waals surface area (Å²) in [6.45, 7) is -0.116. The summed E-state index contributed by atoms with van der Waals surface area (Å²) in [7, 11) is -2.11. The van der Waals surface area contributed by atoms with E-state index in [1.165, 1.54) is 55.7 Å². The molecule has 0 aliphatic heterocycles. The van der Waals surface area contributed by atoms with Crippen LogP contribution in [0.2, 0.25) is 5.02 Å². The normalized spacial score (nSPS) is 11.6. The Hall–Kier alpha value is -2.42. The lowest BCUT2D eigenvalue weighted by atomic mass is 10.2. The van der Waals surface area contributed by atoms with Crippen molar-refractivity contribution in [2.45, 2.75) is 4.90 Å². The number of ether oxygens (including phenoxy) is 2. The highest BCUT2D eigenvalue weighted by molar-refractivity contribution is 7.91. The first kappa shape index (κ1) is 19.9. The van der Waals surface area contributed by atoms with Crippen molar-refractivity contribution in [1.82, 2.24) is 0 Å². The Morgan fingerprint density at radius 3 is 2.50 bits per heavy atom. The highest BCUT2D eigenvalue weighted by Crippen LogP contribution is 2.28. The SMILES string of the molecule is COCOc1ccc(C=CCS(=O)(=O)c2ccc(Cl)cc2)cc1[N+](=O)[O-]. The molecule has 0 N–H and O–H groups in total. The first-order valence-electron chi connectivity index (χ1n) is 7.38. The van der Waals surface area contributed by atoms with Gasteiger partial charge >= 0.3 is 5.69 Å². The van der Waals surface area contributed by atoms with Gasteiger partial charge in [-0.15, -0.1) is 0 Å². The Bertz CT molecular complexity index is 909. The van der Waals surface area contributed by atoms with Gasteiger partial charge in [-0.25, -0.2) is 8.42 Å². The van der Waals surface area contributed by atoms with Crippen LogP contribution < -0.4 is 4.74 Å². The van der Waals surface area contributed by atoms with Gasteiger partial charge in [-0.1, -0.05) is 29.8 Å². The number of hydrogen-bond acceptors (Lipinski definition) is 6. The molecule has 0 unspecified atom stereocenters. The van der Waals surface area contributed by atoms with Crippen LogP contribution in [0.4, 0.5) is 5.69 Å². The second-order valence-corrected chi connectivity index (χ2v) is 7.64. The number of methoxy groups -OCH3 is 1. The lowest BCUT2D eigenvalue weighted by molar-refractivity contribution is -0.386.